The van der Waals surface area contributed by atoms with Gasteiger partial charge < -0.3 is 21.1 Å². The maximum absolute atomic E-state index is 5.87. The fourth-order valence-corrected chi connectivity index (χ4v) is 2.81. The van der Waals surface area contributed by atoms with E-state index in [9.17, 15) is 0 Å². The van der Waals surface area contributed by atoms with Crippen molar-refractivity contribution in [1.29, 1.82) is 0 Å². The van der Waals surface area contributed by atoms with E-state index in [0.717, 1.165) is 48.8 Å². The monoisotopic (exact) mass is 327 g/mol. The summed E-state index contributed by atoms with van der Waals surface area (Å²) in [6.45, 7) is 6.56. The Bertz CT molecular complexity index is 687. The summed E-state index contributed by atoms with van der Waals surface area (Å²) in [4.78, 5) is 8.81. The van der Waals surface area contributed by atoms with Crippen LogP contribution in [0.15, 0.2) is 24.3 Å². The molecule has 6 heteroatoms. The number of hydrogen-bond acceptors (Lipinski definition) is 6. The summed E-state index contributed by atoms with van der Waals surface area (Å²) < 4.78 is 5.84. The number of anilines is 2. The van der Waals surface area contributed by atoms with Crippen molar-refractivity contribution < 1.29 is 4.74 Å². The van der Waals surface area contributed by atoms with Gasteiger partial charge in [-0.1, -0.05) is 17.7 Å². The first-order chi connectivity index (χ1) is 11.6. The molecule has 0 amide bonds. The molecule has 1 aliphatic rings. The number of benzene rings is 1. The molecule has 1 atom stereocenters. The summed E-state index contributed by atoms with van der Waals surface area (Å²) in [6, 6.07) is 8.18. The van der Waals surface area contributed by atoms with Crippen LogP contribution in [0.4, 0.5) is 11.8 Å². The van der Waals surface area contributed by atoms with E-state index in [2.05, 4.69) is 34.4 Å². The molecule has 1 aliphatic heterocycles. The van der Waals surface area contributed by atoms with Crippen LogP contribution < -0.4 is 21.1 Å². The molecule has 24 heavy (non-hydrogen) atoms. The van der Waals surface area contributed by atoms with Gasteiger partial charge in [-0.2, -0.15) is 4.98 Å². The molecule has 0 saturated heterocycles. The number of hydrogen-bond donors (Lipinski definition) is 3. The van der Waals surface area contributed by atoms with Crippen molar-refractivity contribution >= 4 is 11.8 Å². The van der Waals surface area contributed by atoms with Gasteiger partial charge in [0.25, 0.3) is 0 Å². The average Bonchev–Trinajstić information content (AvgIpc) is 2.80. The molecule has 3 rings (SSSR count). The van der Waals surface area contributed by atoms with Crippen LogP contribution in [0, 0.1) is 6.92 Å². The molecule has 0 saturated carbocycles. The van der Waals surface area contributed by atoms with Crippen LogP contribution in [0.1, 0.15) is 23.7 Å². The second-order valence-electron chi connectivity index (χ2n) is 6.28. The van der Waals surface area contributed by atoms with E-state index >= 15 is 0 Å². The molecule has 0 unspecified atom stereocenters. The molecule has 4 N–H and O–H groups in total. The molecule has 0 spiro atoms. The lowest BCUT2D eigenvalue weighted by atomic mass is 10.1. The number of aromatic nitrogens is 2. The van der Waals surface area contributed by atoms with Crippen LogP contribution in [0.5, 0.6) is 5.75 Å². The molecule has 128 valence electrons. The van der Waals surface area contributed by atoms with Gasteiger partial charge in [-0.15, -0.1) is 0 Å². The molecular formula is C18H25N5O. The highest BCUT2D eigenvalue weighted by atomic mass is 16.5. The Morgan fingerprint density at radius 3 is 2.75 bits per heavy atom. The predicted molar refractivity (Wildman–Crippen MR) is 96.5 cm³/mol. The number of rotatable bonds is 5. The van der Waals surface area contributed by atoms with Crippen LogP contribution in [0.2, 0.25) is 0 Å². The van der Waals surface area contributed by atoms with Crippen molar-refractivity contribution in [3.63, 3.8) is 0 Å². The Labute approximate surface area is 142 Å². The van der Waals surface area contributed by atoms with E-state index in [0.29, 0.717) is 12.6 Å². The lowest BCUT2D eigenvalue weighted by Gasteiger charge is -2.19. The van der Waals surface area contributed by atoms with E-state index < -0.39 is 0 Å². The summed E-state index contributed by atoms with van der Waals surface area (Å²) in [5.41, 5.74) is 9.30. The highest BCUT2D eigenvalue weighted by Crippen LogP contribution is 2.21. The van der Waals surface area contributed by atoms with E-state index in [1.807, 2.05) is 24.3 Å². The minimum atomic E-state index is 0.112. The topological polar surface area (TPSA) is 85.1 Å². The van der Waals surface area contributed by atoms with Gasteiger partial charge in [-0.3, -0.25) is 0 Å². The van der Waals surface area contributed by atoms with E-state index in [4.69, 9.17) is 10.5 Å². The Morgan fingerprint density at radius 2 is 1.96 bits per heavy atom. The fraction of sp³-hybridized carbons (Fsp3) is 0.444. The predicted octanol–water partition coefficient (Wildman–Crippen LogP) is 1.93. The summed E-state index contributed by atoms with van der Waals surface area (Å²) >= 11 is 0. The van der Waals surface area contributed by atoms with Crippen molar-refractivity contribution in [2.24, 2.45) is 0 Å². The number of nitrogens with zero attached hydrogens (tertiary/aromatic N) is 2. The van der Waals surface area contributed by atoms with E-state index in [-0.39, 0.29) is 6.04 Å². The van der Waals surface area contributed by atoms with Gasteiger partial charge in [-0.25, -0.2) is 4.98 Å². The number of ether oxygens (including phenoxy) is 1. The molecule has 2 heterocycles. The molecule has 0 radical (unpaired) electrons. The number of aryl methyl sites for hydroxylation is 1. The molecule has 0 fully saturated rings. The maximum Gasteiger partial charge on any atom is 0.222 e. The zero-order chi connectivity index (χ0) is 16.9. The Kier molecular flexibility index (Phi) is 5.15. The zero-order valence-electron chi connectivity index (χ0n) is 14.3. The van der Waals surface area contributed by atoms with E-state index in [1.54, 1.807) is 0 Å². The second-order valence-corrected chi connectivity index (χ2v) is 6.28. The van der Waals surface area contributed by atoms with Crippen molar-refractivity contribution in [2.75, 3.05) is 30.7 Å². The van der Waals surface area contributed by atoms with Gasteiger partial charge in [-0.05, 0) is 38.9 Å². The molecule has 1 aromatic carbocycles. The van der Waals surface area contributed by atoms with Crippen LogP contribution in [0.25, 0.3) is 0 Å². The second kappa shape index (κ2) is 7.49. The lowest BCUT2D eigenvalue weighted by molar-refractivity contribution is 0.303. The molecule has 1 aromatic heterocycles. The highest BCUT2D eigenvalue weighted by molar-refractivity contribution is 5.51. The molecule has 2 aromatic rings. The third kappa shape index (κ3) is 4.14. The first kappa shape index (κ1) is 16.5. The Morgan fingerprint density at radius 1 is 1.21 bits per heavy atom. The van der Waals surface area contributed by atoms with Crippen molar-refractivity contribution in [2.45, 2.75) is 32.7 Å². The van der Waals surface area contributed by atoms with Crippen LogP contribution >= 0.6 is 0 Å². The van der Waals surface area contributed by atoms with Crippen molar-refractivity contribution in [3.05, 3.63) is 41.1 Å². The van der Waals surface area contributed by atoms with Crippen LogP contribution in [0.3, 0.4) is 0 Å². The maximum atomic E-state index is 5.87. The van der Waals surface area contributed by atoms with Crippen molar-refractivity contribution in [3.8, 4) is 5.75 Å². The number of nitrogen functional groups attached to an aromatic ring is 1. The molecule has 0 aliphatic carbocycles. The van der Waals surface area contributed by atoms with Gasteiger partial charge in [0.05, 0.1) is 11.7 Å². The Balaban J connectivity index is 1.66. The molecule has 6 nitrogen and oxygen atoms in total. The number of nitrogens with two attached hydrogens (primary N) is 1. The van der Waals surface area contributed by atoms with Crippen LogP contribution in [-0.4, -0.2) is 35.7 Å². The first-order valence-corrected chi connectivity index (χ1v) is 8.44. The average molecular weight is 327 g/mol. The molecule has 0 bridgehead atoms. The van der Waals surface area contributed by atoms with Gasteiger partial charge in [0.1, 0.15) is 18.2 Å². The minimum Gasteiger partial charge on any atom is -0.491 e. The number of nitrogens with one attached hydrogen (secondary N) is 2. The summed E-state index contributed by atoms with van der Waals surface area (Å²) in [5, 5.41) is 6.82. The minimum absolute atomic E-state index is 0.112. The first-order valence-electron chi connectivity index (χ1n) is 8.44. The molecular weight excluding hydrogens is 302 g/mol. The smallest absolute Gasteiger partial charge is 0.222 e. The van der Waals surface area contributed by atoms with Gasteiger partial charge in [0, 0.05) is 18.5 Å². The third-order valence-corrected chi connectivity index (χ3v) is 4.10. The highest BCUT2D eigenvalue weighted by Gasteiger charge is 2.17. The van der Waals surface area contributed by atoms with Crippen molar-refractivity contribution in [1.82, 2.24) is 15.3 Å². The standard InChI is InChI=1S/C18H25N5O/c1-12-3-5-14(6-4-12)24-11-13(2)21-17-15-7-9-20-10-8-16(15)22-18(19)23-17/h3-6,13,20H,7-11H2,1-2H3,(H3,19,21,22,23)/t13-/m1/s1. The zero-order valence-corrected chi connectivity index (χ0v) is 14.3. The SMILES string of the molecule is Cc1ccc(OC[C@@H](C)Nc2nc(N)nc3c2CCNCC3)cc1. The fourth-order valence-electron chi connectivity index (χ4n) is 2.81. The van der Waals surface area contributed by atoms with Gasteiger partial charge in [0.15, 0.2) is 0 Å². The van der Waals surface area contributed by atoms with E-state index in [1.165, 1.54) is 5.56 Å². The number of fused-ring (bicyclic) bond motifs is 1. The van der Waals surface area contributed by atoms with Crippen LogP contribution in [-0.2, 0) is 12.8 Å². The summed E-state index contributed by atoms with van der Waals surface area (Å²) in [7, 11) is 0. The van der Waals surface area contributed by atoms with Gasteiger partial charge >= 0.3 is 0 Å². The summed E-state index contributed by atoms with van der Waals surface area (Å²) in [5.74, 6) is 2.03. The summed E-state index contributed by atoms with van der Waals surface area (Å²) in [6.07, 6.45) is 1.79. The quantitative estimate of drug-likeness (QED) is 0.778. The lowest BCUT2D eigenvalue weighted by Crippen LogP contribution is -2.25. The third-order valence-electron chi connectivity index (χ3n) is 4.10. The normalized spacial score (nSPS) is 15.2. The largest absolute Gasteiger partial charge is 0.491 e. The Hall–Kier alpha value is -2.34. The van der Waals surface area contributed by atoms with Gasteiger partial charge in [0.2, 0.25) is 5.95 Å².